The summed E-state index contributed by atoms with van der Waals surface area (Å²) in [6.45, 7) is 5.56. The molecule has 0 unspecified atom stereocenters. The number of hydrogen-bond acceptors (Lipinski definition) is 6. The Labute approximate surface area is 184 Å². The molecule has 0 aliphatic carbocycles. The van der Waals surface area contributed by atoms with Gasteiger partial charge in [-0.1, -0.05) is 39.0 Å². The van der Waals surface area contributed by atoms with Crippen LogP contribution in [-0.2, 0) is 15.3 Å². The first-order valence-corrected chi connectivity index (χ1v) is 11.3. The number of rotatable bonds is 4. The molecular weight excluding hydrogens is 430 g/mol. The number of aromatic nitrogens is 3. The highest BCUT2D eigenvalue weighted by molar-refractivity contribution is 7.91. The Morgan fingerprint density at radius 1 is 0.906 bits per heavy atom. The van der Waals surface area contributed by atoms with Gasteiger partial charge in [-0.2, -0.15) is 0 Å². The van der Waals surface area contributed by atoms with Crippen molar-refractivity contribution in [3.05, 3.63) is 71.8 Å². The monoisotopic (exact) mass is 451 g/mol. The molecule has 164 valence electrons. The SMILES string of the molecule is CC(C)(C)c1cc(C(=O)O)cc(-n2nc3ccc(S(=O)(=O)c4ccccc4)cc3n2)c1O. The largest absolute Gasteiger partial charge is 0.505 e. The zero-order valence-electron chi connectivity index (χ0n) is 17.6. The summed E-state index contributed by atoms with van der Waals surface area (Å²) in [6.07, 6.45) is 0. The summed E-state index contributed by atoms with van der Waals surface area (Å²) >= 11 is 0. The smallest absolute Gasteiger partial charge is 0.335 e. The number of carboxylic acid groups (broad SMARTS) is 1. The fourth-order valence-corrected chi connectivity index (χ4v) is 4.67. The van der Waals surface area contributed by atoms with Crippen LogP contribution >= 0.6 is 0 Å². The zero-order valence-corrected chi connectivity index (χ0v) is 18.5. The van der Waals surface area contributed by atoms with Crippen LogP contribution < -0.4 is 0 Å². The molecule has 0 bridgehead atoms. The molecule has 0 aliphatic rings. The van der Waals surface area contributed by atoms with E-state index in [0.29, 0.717) is 16.6 Å². The van der Waals surface area contributed by atoms with Gasteiger partial charge in [0.15, 0.2) is 0 Å². The lowest BCUT2D eigenvalue weighted by molar-refractivity contribution is 0.0696. The van der Waals surface area contributed by atoms with Crippen LogP contribution in [0.2, 0.25) is 0 Å². The van der Waals surface area contributed by atoms with Crippen molar-refractivity contribution in [1.82, 2.24) is 15.0 Å². The van der Waals surface area contributed by atoms with Crippen molar-refractivity contribution in [2.75, 3.05) is 0 Å². The fraction of sp³-hybridized carbons (Fsp3) is 0.174. The number of fused-ring (bicyclic) bond motifs is 1. The van der Waals surface area contributed by atoms with Crippen molar-refractivity contribution in [1.29, 1.82) is 0 Å². The van der Waals surface area contributed by atoms with Crippen LogP contribution in [0.3, 0.4) is 0 Å². The van der Waals surface area contributed by atoms with Crippen LogP contribution in [0.4, 0.5) is 0 Å². The lowest BCUT2D eigenvalue weighted by Crippen LogP contribution is -2.15. The molecule has 0 radical (unpaired) electrons. The topological polar surface area (TPSA) is 122 Å². The van der Waals surface area contributed by atoms with Crippen LogP contribution in [0.1, 0.15) is 36.7 Å². The quantitative estimate of drug-likeness (QED) is 0.481. The molecule has 0 saturated carbocycles. The predicted octanol–water partition coefficient (Wildman–Crippen LogP) is 3.95. The molecule has 8 nitrogen and oxygen atoms in total. The maximum Gasteiger partial charge on any atom is 0.335 e. The minimum atomic E-state index is -3.74. The normalized spacial score (nSPS) is 12.2. The summed E-state index contributed by atoms with van der Waals surface area (Å²) in [5.41, 5.74) is 0.665. The molecule has 1 aromatic heterocycles. The molecule has 0 amide bonds. The van der Waals surface area contributed by atoms with E-state index in [2.05, 4.69) is 10.2 Å². The summed E-state index contributed by atoms with van der Waals surface area (Å²) < 4.78 is 25.8. The first kappa shape index (κ1) is 21.5. The van der Waals surface area contributed by atoms with Gasteiger partial charge in [0.2, 0.25) is 9.84 Å². The predicted molar refractivity (Wildman–Crippen MR) is 118 cm³/mol. The van der Waals surface area contributed by atoms with E-state index in [-0.39, 0.29) is 26.8 Å². The number of carbonyl (C=O) groups is 1. The van der Waals surface area contributed by atoms with E-state index in [9.17, 15) is 23.4 Å². The number of nitrogens with zero attached hydrogens (tertiary/aromatic N) is 3. The summed E-state index contributed by atoms with van der Waals surface area (Å²) in [6, 6.07) is 15.1. The highest BCUT2D eigenvalue weighted by Crippen LogP contribution is 2.36. The molecule has 32 heavy (non-hydrogen) atoms. The molecule has 0 atom stereocenters. The molecule has 0 aliphatic heterocycles. The highest BCUT2D eigenvalue weighted by Gasteiger charge is 2.25. The van der Waals surface area contributed by atoms with Crippen LogP contribution in [0.25, 0.3) is 16.7 Å². The highest BCUT2D eigenvalue weighted by atomic mass is 32.2. The molecule has 0 spiro atoms. The number of aromatic carboxylic acids is 1. The second-order valence-corrected chi connectivity index (χ2v) is 10.4. The number of sulfone groups is 1. The maximum absolute atomic E-state index is 12.9. The van der Waals surface area contributed by atoms with Crippen molar-refractivity contribution in [2.45, 2.75) is 36.0 Å². The Balaban J connectivity index is 1.87. The first-order valence-electron chi connectivity index (χ1n) is 9.77. The summed E-state index contributed by atoms with van der Waals surface area (Å²) in [7, 11) is -3.74. The van der Waals surface area contributed by atoms with Crippen molar-refractivity contribution >= 4 is 26.8 Å². The number of aromatic hydroxyl groups is 1. The van der Waals surface area contributed by atoms with E-state index in [1.165, 1.54) is 42.5 Å². The maximum atomic E-state index is 12.9. The van der Waals surface area contributed by atoms with E-state index < -0.39 is 21.2 Å². The van der Waals surface area contributed by atoms with E-state index in [1.54, 1.807) is 18.2 Å². The summed E-state index contributed by atoms with van der Waals surface area (Å²) in [5, 5.41) is 29.0. The van der Waals surface area contributed by atoms with Gasteiger partial charge in [0.25, 0.3) is 0 Å². The van der Waals surface area contributed by atoms with Crippen LogP contribution in [0.15, 0.2) is 70.5 Å². The molecule has 4 rings (SSSR count). The Morgan fingerprint density at radius 2 is 1.56 bits per heavy atom. The Bertz CT molecular complexity index is 1450. The molecule has 3 aromatic carbocycles. The number of phenolic OH excluding ortho intramolecular Hbond substituents is 1. The number of benzene rings is 3. The number of hydrogen-bond donors (Lipinski definition) is 2. The molecule has 2 N–H and O–H groups in total. The van der Waals surface area contributed by atoms with Gasteiger partial charge in [-0.3, -0.25) is 0 Å². The van der Waals surface area contributed by atoms with Crippen molar-refractivity contribution < 1.29 is 23.4 Å². The van der Waals surface area contributed by atoms with Crippen molar-refractivity contribution in [3.8, 4) is 11.4 Å². The number of carboxylic acids is 1. The third kappa shape index (κ3) is 3.71. The van der Waals surface area contributed by atoms with Gasteiger partial charge in [0.05, 0.1) is 15.4 Å². The van der Waals surface area contributed by atoms with Crippen LogP contribution in [0.5, 0.6) is 5.75 Å². The van der Waals surface area contributed by atoms with E-state index in [1.807, 2.05) is 20.8 Å². The van der Waals surface area contributed by atoms with E-state index >= 15 is 0 Å². The fourth-order valence-electron chi connectivity index (χ4n) is 3.37. The lowest BCUT2D eigenvalue weighted by Gasteiger charge is -2.22. The van der Waals surface area contributed by atoms with E-state index in [4.69, 9.17) is 0 Å². The Kier molecular flexibility index (Phi) is 5.01. The van der Waals surface area contributed by atoms with Gasteiger partial charge < -0.3 is 10.2 Å². The second-order valence-electron chi connectivity index (χ2n) is 8.40. The molecule has 9 heteroatoms. The van der Waals surface area contributed by atoms with Gasteiger partial charge in [-0.15, -0.1) is 15.0 Å². The zero-order chi connectivity index (χ0) is 23.3. The van der Waals surface area contributed by atoms with Gasteiger partial charge in [0.1, 0.15) is 22.5 Å². The van der Waals surface area contributed by atoms with Crippen LogP contribution in [-0.4, -0.2) is 39.6 Å². The number of phenols is 1. The molecule has 0 fully saturated rings. The van der Waals surface area contributed by atoms with E-state index in [0.717, 1.165) is 4.80 Å². The van der Waals surface area contributed by atoms with Crippen molar-refractivity contribution in [3.63, 3.8) is 0 Å². The van der Waals surface area contributed by atoms with Crippen LogP contribution in [0, 0.1) is 0 Å². The minimum Gasteiger partial charge on any atom is -0.505 e. The molecule has 4 aromatic rings. The second kappa shape index (κ2) is 7.45. The standard InChI is InChI=1S/C23H21N3O5S/c1-23(2,3)17-11-14(22(28)29)12-20(21(17)27)26-24-18-10-9-16(13-19(18)25-26)32(30,31)15-7-5-4-6-8-15/h4-13,27H,1-3H3,(H,28,29). The average Bonchev–Trinajstić information content (AvgIpc) is 3.16. The summed E-state index contributed by atoms with van der Waals surface area (Å²) in [5.74, 6) is -1.29. The first-order chi connectivity index (χ1) is 15.0. The third-order valence-electron chi connectivity index (χ3n) is 5.08. The minimum absolute atomic E-state index is 0.0172. The van der Waals surface area contributed by atoms with Gasteiger partial charge in [-0.25, -0.2) is 13.2 Å². The van der Waals surface area contributed by atoms with Gasteiger partial charge in [-0.05, 0) is 47.9 Å². The van der Waals surface area contributed by atoms with Gasteiger partial charge in [0, 0.05) is 5.56 Å². The van der Waals surface area contributed by atoms with Crippen molar-refractivity contribution in [2.24, 2.45) is 0 Å². The van der Waals surface area contributed by atoms with Gasteiger partial charge >= 0.3 is 5.97 Å². The average molecular weight is 452 g/mol. The molecular formula is C23H21N3O5S. The molecule has 0 saturated heterocycles. The molecule has 1 heterocycles. The Morgan fingerprint density at radius 3 is 2.19 bits per heavy atom. The lowest BCUT2D eigenvalue weighted by atomic mass is 9.85. The Hall–Kier alpha value is -3.72. The third-order valence-corrected chi connectivity index (χ3v) is 6.84. The summed E-state index contributed by atoms with van der Waals surface area (Å²) in [4.78, 5) is 13.0.